The number of aliphatic hydroxyl groups is 1. The third kappa shape index (κ3) is 8.35. The van der Waals surface area contributed by atoms with E-state index in [0.29, 0.717) is 6.54 Å². The third-order valence-electron chi connectivity index (χ3n) is 8.71. The topological polar surface area (TPSA) is 96.4 Å². The summed E-state index contributed by atoms with van der Waals surface area (Å²) < 4.78 is 11.7. The Bertz CT molecular complexity index is 925. The van der Waals surface area contributed by atoms with Gasteiger partial charge in [0, 0.05) is 47.1 Å². The van der Waals surface area contributed by atoms with E-state index in [0.717, 1.165) is 24.8 Å². The van der Waals surface area contributed by atoms with Crippen LogP contribution in [-0.4, -0.2) is 84.6 Å². The van der Waals surface area contributed by atoms with Gasteiger partial charge in [0.25, 0.3) is 0 Å². The molecule has 1 heterocycles. The normalized spacial score (nSPS) is 20.9. The lowest BCUT2D eigenvalue weighted by molar-refractivity contribution is -0.145. The van der Waals surface area contributed by atoms with E-state index in [1.54, 1.807) is 26.2 Å². The highest BCUT2D eigenvalue weighted by Crippen LogP contribution is 2.31. The first kappa shape index (κ1) is 32.9. The van der Waals surface area contributed by atoms with Gasteiger partial charge in [-0.3, -0.25) is 14.4 Å². The van der Waals surface area contributed by atoms with Gasteiger partial charge in [-0.05, 0) is 30.2 Å². The zero-order chi connectivity index (χ0) is 29.3. The summed E-state index contributed by atoms with van der Waals surface area (Å²) in [6.45, 7) is 10.0. The van der Waals surface area contributed by atoms with Crippen LogP contribution in [0.2, 0.25) is 0 Å². The molecule has 1 N–H and O–H groups in total. The Hall–Kier alpha value is -2.29. The molecule has 0 saturated carbocycles. The minimum absolute atomic E-state index is 0.0123. The number of aliphatic hydroxyl groups excluding tert-OH is 1. The summed E-state index contributed by atoms with van der Waals surface area (Å²) >= 11 is 0. The molecule has 39 heavy (non-hydrogen) atoms. The van der Waals surface area contributed by atoms with Gasteiger partial charge >= 0.3 is 0 Å². The van der Waals surface area contributed by atoms with E-state index >= 15 is 0 Å². The first-order chi connectivity index (χ1) is 18.5. The maximum absolute atomic E-state index is 13.6. The molecule has 0 radical (unpaired) electrons. The monoisotopic (exact) mass is 546 g/mol. The molecule has 1 fully saturated rings. The molecule has 1 aliphatic heterocycles. The van der Waals surface area contributed by atoms with Gasteiger partial charge < -0.3 is 24.4 Å². The predicted octanol–water partition coefficient (Wildman–Crippen LogP) is 4.26. The maximum atomic E-state index is 13.6. The van der Waals surface area contributed by atoms with Crippen molar-refractivity contribution in [2.75, 3.05) is 27.8 Å². The van der Waals surface area contributed by atoms with Crippen LogP contribution >= 0.6 is 0 Å². The number of amides is 2. The number of carbonyl (C=O) groups is 3. The van der Waals surface area contributed by atoms with Gasteiger partial charge in [-0.15, -0.1) is 0 Å². The number of Topliss-reactive ketones (excluding diaryl/α,β-unsaturated/α-hetero) is 1. The Morgan fingerprint density at radius 3 is 2.23 bits per heavy atom. The van der Waals surface area contributed by atoms with E-state index in [9.17, 15) is 19.5 Å². The quantitative estimate of drug-likeness (QED) is 0.353. The van der Waals surface area contributed by atoms with Crippen LogP contribution in [0.4, 0.5) is 0 Å². The van der Waals surface area contributed by atoms with Crippen molar-refractivity contribution in [3.05, 3.63) is 35.9 Å². The lowest BCUT2D eigenvalue weighted by Gasteiger charge is -2.39. The Balaban J connectivity index is 2.13. The predicted molar refractivity (Wildman–Crippen MR) is 152 cm³/mol. The third-order valence-corrected chi connectivity index (χ3v) is 8.71. The second kappa shape index (κ2) is 15.5. The van der Waals surface area contributed by atoms with Crippen LogP contribution in [0, 0.1) is 17.8 Å². The van der Waals surface area contributed by atoms with Crippen molar-refractivity contribution in [2.24, 2.45) is 17.8 Å². The summed E-state index contributed by atoms with van der Waals surface area (Å²) in [5.41, 5.74) is 0.792. The van der Waals surface area contributed by atoms with Crippen molar-refractivity contribution >= 4 is 17.6 Å². The van der Waals surface area contributed by atoms with Crippen LogP contribution in [0.15, 0.2) is 30.3 Å². The Kier molecular flexibility index (Phi) is 13.1. The van der Waals surface area contributed by atoms with Crippen LogP contribution in [0.1, 0.15) is 78.4 Å². The molecule has 220 valence electrons. The van der Waals surface area contributed by atoms with Crippen molar-refractivity contribution in [3.8, 4) is 0 Å². The van der Waals surface area contributed by atoms with E-state index in [2.05, 4.69) is 13.8 Å². The molecule has 0 bridgehead atoms. The highest BCUT2D eigenvalue weighted by molar-refractivity contribution is 5.82. The Morgan fingerprint density at radius 2 is 1.69 bits per heavy atom. The summed E-state index contributed by atoms with van der Waals surface area (Å²) in [7, 11) is 4.95. The fourth-order valence-corrected chi connectivity index (χ4v) is 6.00. The smallest absolute Gasteiger partial charge is 0.225 e. The first-order valence-electron chi connectivity index (χ1n) is 14.3. The van der Waals surface area contributed by atoms with E-state index in [1.165, 1.54) is 6.92 Å². The number of ether oxygens (including phenoxy) is 2. The van der Waals surface area contributed by atoms with Gasteiger partial charge in [-0.25, -0.2) is 0 Å². The highest BCUT2D eigenvalue weighted by Gasteiger charge is 2.41. The van der Waals surface area contributed by atoms with E-state index in [-0.39, 0.29) is 54.4 Å². The number of likely N-dealkylation sites (tertiary alicyclic amines) is 1. The Morgan fingerprint density at radius 1 is 1.05 bits per heavy atom. The van der Waals surface area contributed by atoms with E-state index < -0.39 is 24.2 Å². The van der Waals surface area contributed by atoms with Gasteiger partial charge in [-0.2, -0.15) is 0 Å². The number of hydrogen-bond donors (Lipinski definition) is 1. The lowest BCUT2D eigenvalue weighted by atomic mass is 9.85. The molecule has 1 aromatic rings. The van der Waals surface area contributed by atoms with E-state index in [4.69, 9.17) is 9.47 Å². The molecule has 1 aliphatic rings. The fraction of sp³-hybridized carbons (Fsp3) is 0.710. The molecule has 8 nitrogen and oxygen atoms in total. The molecule has 2 rings (SSSR count). The highest BCUT2D eigenvalue weighted by atomic mass is 16.5. The van der Waals surface area contributed by atoms with Gasteiger partial charge in [0.15, 0.2) is 0 Å². The van der Waals surface area contributed by atoms with Crippen LogP contribution < -0.4 is 0 Å². The number of carbonyl (C=O) groups excluding carboxylic acids is 3. The molecule has 0 aromatic heterocycles. The van der Waals surface area contributed by atoms with Crippen molar-refractivity contribution in [3.63, 3.8) is 0 Å². The molecule has 8 heteroatoms. The van der Waals surface area contributed by atoms with Crippen LogP contribution in [0.3, 0.4) is 0 Å². The SMILES string of the molecule is CC[C@@H](C)[C@@H]([C@@H](CC(=O)N1CCC[C@H]1[C@H](OC)[C@@H](C)C(=O)C[C@H](C)[C@@H](O)c1ccccc1)OC)N(C)C(C)=O. The van der Waals surface area contributed by atoms with Crippen molar-refractivity contribution in [1.29, 1.82) is 0 Å². The summed E-state index contributed by atoms with van der Waals surface area (Å²) in [6.07, 6.45) is 1.19. The molecular weight excluding hydrogens is 496 g/mol. The van der Waals surface area contributed by atoms with Crippen molar-refractivity contribution < 1.29 is 29.0 Å². The average molecular weight is 547 g/mol. The number of methoxy groups -OCH3 is 2. The first-order valence-corrected chi connectivity index (χ1v) is 14.3. The van der Waals surface area contributed by atoms with Gasteiger partial charge in [0.1, 0.15) is 5.78 Å². The van der Waals surface area contributed by atoms with Crippen LogP contribution in [0.5, 0.6) is 0 Å². The zero-order valence-electron chi connectivity index (χ0n) is 25.1. The van der Waals surface area contributed by atoms with Gasteiger partial charge in [0.05, 0.1) is 36.8 Å². The zero-order valence-corrected chi connectivity index (χ0v) is 25.1. The number of rotatable bonds is 15. The number of benzene rings is 1. The standard InChI is InChI=1S/C31H50N2O6/c1-9-20(2)29(32(6)23(5)34)27(38-7)19-28(36)33-17-13-16-25(33)31(39-8)22(4)26(35)18-21(3)30(37)24-14-11-10-12-15-24/h10-12,14-15,20-22,25,27,29-31,37H,9,13,16-19H2,1-8H3/t20-,21+,22+,25+,27-,29+,30-,31-/m1/s1. The molecule has 0 aliphatic carbocycles. The maximum Gasteiger partial charge on any atom is 0.225 e. The van der Waals surface area contributed by atoms with E-state index in [1.807, 2.05) is 49.1 Å². The van der Waals surface area contributed by atoms with Gasteiger partial charge in [-0.1, -0.05) is 64.4 Å². The van der Waals surface area contributed by atoms with Crippen LogP contribution in [-0.2, 0) is 23.9 Å². The molecule has 1 saturated heterocycles. The minimum Gasteiger partial charge on any atom is -0.388 e. The molecule has 0 spiro atoms. The number of nitrogens with zero attached hydrogens (tertiary/aromatic N) is 2. The van der Waals surface area contributed by atoms with Crippen molar-refractivity contribution in [1.82, 2.24) is 9.80 Å². The molecule has 8 atom stereocenters. The average Bonchev–Trinajstić information content (AvgIpc) is 3.42. The summed E-state index contributed by atoms with van der Waals surface area (Å²) in [5, 5.41) is 10.8. The van der Waals surface area contributed by atoms with Crippen molar-refractivity contribution in [2.45, 2.75) is 97.1 Å². The molecule has 0 unspecified atom stereocenters. The van der Waals surface area contributed by atoms with Gasteiger partial charge in [0.2, 0.25) is 11.8 Å². The number of hydrogen-bond acceptors (Lipinski definition) is 6. The second-order valence-electron chi connectivity index (χ2n) is 11.3. The molecule has 2 amide bonds. The molecule has 1 aromatic carbocycles. The second-order valence-corrected chi connectivity index (χ2v) is 11.3. The van der Waals surface area contributed by atoms with Crippen LogP contribution in [0.25, 0.3) is 0 Å². The summed E-state index contributed by atoms with van der Waals surface area (Å²) in [6, 6.07) is 8.93. The number of likely N-dealkylation sites (N-methyl/N-ethyl adjacent to an activating group) is 1. The number of ketones is 1. The lowest BCUT2D eigenvalue weighted by Crippen LogP contribution is -2.52. The summed E-state index contributed by atoms with van der Waals surface area (Å²) in [4.78, 5) is 42.7. The molecular formula is C31H50N2O6. The fourth-order valence-electron chi connectivity index (χ4n) is 6.00. The largest absolute Gasteiger partial charge is 0.388 e. The minimum atomic E-state index is -0.731. The summed E-state index contributed by atoms with van der Waals surface area (Å²) in [5.74, 6) is -0.633. The Labute approximate surface area is 235 Å².